The Morgan fingerprint density at radius 1 is 1.38 bits per heavy atom. The zero-order valence-electron chi connectivity index (χ0n) is 12.2. The summed E-state index contributed by atoms with van der Waals surface area (Å²) in [6.07, 6.45) is 1.97. The van der Waals surface area contributed by atoms with Crippen LogP contribution in [0.4, 0.5) is 0 Å². The summed E-state index contributed by atoms with van der Waals surface area (Å²) in [5, 5.41) is 18.2. The van der Waals surface area contributed by atoms with Crippen molar-refractivity contribution in [3.8, 4) is 0 Å². The zero-order chi connectivity index (χ0) is 14.4. The summed E-state index contributed by atoms with van der Waals surface area (Å²) in [7, 11) is 0. The van der Waals surface area contributed by atoms with Crippen molar-refractivity contribution in [1.82, 2.24) is 19.8 Å². The van der Waals surface area contributed by atoms with Gasteiger partial charge in [-0.15, -0.1) is 0 Å². The van der Waals surface area contributed by atoms with Gasteiger partial charge in [0.2, 0.25) is 0 Å². The van der Waals surface area contributed by atoms with E-state index in [1.807, 2.05) is 10.7 Å². The Hall–Kier alpha value is -1.66. The molecule has 1 fully saturated rings. The molecule has 0 amide bonds. The van der Waals surface area contributed by atoms with Crippen LogP contribution in [0.3, 0.4) is 0 Å². The van der Waals surface area contributed by atoms with Crippen LogP contribution in [0, 0.1) is 0 Å². The fourth-order valence-electron chi connectivity index (χ4n) is 2.87. The molecule has 1 aliphatic carbocycles. The Labute approximate surface area is 123 Å². The van der Waals surface area contributed by atoms with Gasteiger partial charge in [-0.1, -0.05) is 5.16 Å². The number of nitrogens with zero attached hydrogens (tertiary/aromatic N) is 4. The van der Waals surface area contributed by atoms with E-state index in [0.717, 1.165) is 49.0 Å². The van der Waals surface area contributed by atoms with E-state index in [9.17, 15) is 5.11 Å². The summed E-state index contributed by atoms with van der Waals surface area (Å²) in [6, 6.07) is 4.10. The molecule has 0 bridgehead atoms. The third-order valence-corrected chi connectivity index (χ3v) is 4.27. The lowest BCUT2D eigenvalue weighted by Crippen LogP contribution is -2.33. The van der Waals surface area contributed by atoms with Gasteiger partial charge in [-0.05, 0) is 25.8 Å². The van der Waals surface area contributed by atoms with Crippen LogP contribution < -0.4 is 0 Å². The molecule has 2 aromatic heterocycles. The fourth-order valence-corrected chi connectivity index (χ4v) is 2.87. The molecule has 21 heavy (non-hydrogen) atoms. The van der Waals surface area contributed by atoms with Gasteiger partial charge in [0.1, 0.15) is 5.76 Å². The largest absolute Gasteiger partial charge is 0.387 e. The number of fused-ring (bicyclic) bond motifs is 1. The quantitative estimate of drug-likeness (QED) is 0.929. The molecule has 0 aromatic carbocycles. The van der Waals surface area contributed by atoms with Gasteiger partial charge in [0.05, 0.1) is 29.7 Å². The van der Waals surface area contributed by atoms with E-state index in [-0.39, 0.29) is 0 Å². The second-order valence-corrected chi connectivity index (χ2v) is 6.17. The molecule has 2 aliphatic rings. The van der Waals surface area contributed by atoms with Crippen molar-refractivity contribution in [2.45, 2.75) is 51.4 Å². The summed E-state index contributed by atoms with van der Waals surface area (Å²) in [5.41, 5.74) is 2.92. The van der Waals surface area contributed by atoms with Crippen molar-refractivity contribution >= 4 is 0 Å². The highest BCUT2D eigenvalue weighted by atomic mass is 16.5. The Morgan fingerprint density at radius 3 is 3.00 bits per heavy atom. The molecule has 1 atom stereocenters. The second-order valence-electron chi connectivity index (χ2n) is 6.17. The maximum Gasteiger partial charge on any atom is 0.140 e. The van der Waals surface area contributed by atoms with E-state index in [1.54, 1.807) is 6.92 Å². The van der Waals surface area contributed by atoms with Crippen LogP contribution in [0.25, 0.3) is 0 Å². The summed E-state index contributed by atoms with van der Waals surface area (Å²) in [5.74, 6) is 1.66. The standard InChI is InChI=1S/C15H20N4O2/c1-10(20)14-7-13-9-18(4-5-19(13)16-14)8-12-6-15(21-17-12)11-2-3-11/h6-7,10-11,20H,2-5,8-9H2,1H3. The predicted molar refractivity (Wildman–Crippen MR) is 75.5 cm³/mol. The van der Waals surface area contributed by atoms with Gasteiger partial charge in [-0.25, -0.2) is 0 Å². The Morgan fingerprint density at radius 2 is 2.24 bits per heavy atom. The van der Waals surface area contributed by atoms with E-state index >= 15 is 0 Å². The molecule has 6 nitrogen and oxygen atoms in total. The van der Waals surface area contributed by atoms with Crippen LogP contribution in [0.15, 0.2) is 16.7 Å². The maximum atomic E-state index is 9.62. The number of aliphatic hydroxyl groups excluding tert-OH is 1. The van der Waals surface area contributed by atoms with E-state index in [0.29, 0.717) is 5.92 Å². The smallest absolute Gasteiger partial charge is 0.140 e. The van der Waals surface area contributed by atoms with E-state index in [2.05, 4.69) is 21.2 Å². The molecule has 1 saturated carbocycles. The van der Waals surface area contributed by atoms with Crippen LogP contribution >= 0.6 is 0 Å². The summed E-state index contributed by atoms with van der Waals surface area (Å²) < 4.78 is 7.40. The van der Waals surface area contributed by atoms with Crippen molar-refractivity contribution in [1.29, 1.82) is 0 Å². The SMILES string of the molecule is CC(O)c1cc2n(n1)CCN(Cc1cc(C3CC3)on1)C2. The Kier molecular flexibility index (Phi) is 3.08. The van der Waals surface area contributed by atoms with Crippen molar-refractivity contribution < 1.29 is 9.63 Å². The van der Waals surface area contributed by atoms with E-state index in [1.165, 1.54) is 12.8 Å². The summed E-state index contributed by atoms with van der Waals surface area (Å²) >= 11 is 0. The monoisotopic (exact) mass is 288 g/mol. The lowest BCUT2D eigenvalue weighted by molar-refractivity contribution is 0.188. The van der Waals surface area contributed by atoms with Crippen molar-refractivity contribution in [3.63, 3.8) is 0 Å². The van der Waals surface area contributed by atoms with Crippen LogP contribution in [0.1, 0.15) is 54.6 Å². The predicted octanol–water partition coefficient (Wildman–Crippen LogP) is 1.82. The topological polar surface area (TPSA) is 67.3 Å². The molecule has 0 radical (unpaired) electrons. The third-order valence-electron chi connectivity index (χ3n) is 4.27. The number of hydrogen-bond donors (Lipinski definition) is 1. The van der Waals surface area contributed by atoms with Gasteiger partial charge >= 0.3 is 0 Å². The lowest BCUT2D eigenvalue weighted by atomic mass is 10.2. The van der Waals surface area contributed by atoms with Crippen LogP contribution in [-0.2, 0) is 19.6 Å². The van der Waals surface area contributed by atoms with Crippen molar-refractivity contribution in [3.05, 3.63) is 35.0 Å². The molecule has 112 valence electrons. The lowest BCUT2D eigenvalue weighted by Gasteiger charge is -2.26. The second kappa shape index (κ2) is 4.96. The minimum atomic E-state index is -0.506. The molecule has 4 rings (SSSR count). The number of aliphatic hydroxyl groups is 1. The first kappa shape index (κ1) is 13.0. The van der Waals surface area contributed by atoms with Crippen LogP contribution in [0.5, 0.6) is 0 Å². The van der Waals surface area contributed by atoms with E-state index in [4.69, 9.17) is 4.52 Å². The normalized spacial score (nSPS) is 20.5. The molecule has 3 heterocycles. The van der Waals surface area contributed by atoms with E-state index < -0.39 is 6.10 Å². The zero-order valence-corrected chi connectivity index (χ0v) is 12.2. The van der Waals surface area contributed by atoms with Gasteiger partial charge in [-0.2, -0.15) is 5.10 Å². The molecule has 1 aliphatic heterocycles. The van der Waals surface area contributed by atoms with Crippen molar-refractivity contribution in [2.75, 3.05) is 6.54 Å². The Balaban J connectivity index is 1.44. The molecule has 0 saturated heterocycles. The fraction of sp³-hybridized carbons (Fsp3) is 0.600. The summed E-state index contributed by atoms with van der Waals surface area (Å²) in [6.45, 7) is 5.20. The molecule has 0 spiro atoms. The highest BCUT2D eigenvalue weighted by Gasteiger charge is 2.28. The third kappa shape index (κ3) is 2.61. The minimum absolute atomic E-state index is 0.506. The highest BCUT2D eigenvalue weighted by Crippen LogP contribution is 2.40. The maximum absolute atomic E-state index is 9.62. The highest BCUT2D eigenvalue weighted by molar-refractivity contribution is 5.16. The van der Waals surface area contributed by atoms with Gasteiger partial charge in [0.15, 0.2) is 0 Å². The molecular weight excluding hydrogens is 268 g/mol. The number of hydrogen-bond acceptors (Lipinski definition) is 5. The Bertz CT molecular complexity index is 642. The molecule has 2 aromatic rings. The first-order chi connectivity index (χ1) is 10.2. The molecule has 1 unspecified atom stereocenters. The number of aromatic nitrogens is 3. The van der Waals surface area contributed by atoms with Gasteiger partial charge in [0, 0.05) is 31.6 Å². The molecular formula is C15H20N4O2. The van der Waals surface area contributed by atoms with Crippen LogP contribution in [-0.4, -0.2) is 31.5 Å². The minimum Gasteiger partial charge on any atom is -0.387 e. The molecule has 1 N–H and O–H groups in total. The van der Waals surface area contributed by atoms with Gasteiger partial charge in [0.25, 0.3) is 0 Å². The average molecular weight is 288 g/mol. The van der Waals surface area contributed by atoms with Gasteiger partial charge < -0.3 is 9.63 Å². The summed E-state index contributed by atoms with van der Waals surface area (Å²) in [4.78, 5) is 2.34. The first-order valence-corrected chi connectivity index (χ1v) is 7.61. The average Bonchev–Trinajstić information content (AvgIpc) is 3.06. The van der Waals surface area contributed by atoms with Crippen molar-refractivity contribution in [2.24, 2.45) is 0 Å². The first-order valence-electron chi connectivity index (χ1n) is 7.61. The van der Waals surface area contributed by atoms with Gasteiger partial charge in [-0.3, -0.25) is 9.58 Å². The molecule has 6 heteroatoms. The number of rotatable bonds is 4. The van der Waals surface area contributed by atoms with Crippen LogP contribution in [0.2, 0.25) is 0 Å².